The second-order valence-electron chi connectivity index (χ2n) is 6.95. The van der Waals surface area contributed by atoms with Gasteiger partial charge in [0.15, 0.2) is 5.65 Å². The number of hydrogen-bond donors (Lipinski definition) is 2. The summed E-state index contributed by atoms with van der Waals surface area (Å²) in [6, 6.07) is 1.96. The van der Waals surface area contributed by atoms with Gasteiger partial charge in [-0.2, -0.15) is 5.10 Å². The number of nitrogens with zero attached hydrogens (tertiary/aromatic N) is 6. The number of hydrogen-bond acceptors (Lipinski definition) is 7. The minimum absolute atomic E-state index is 0.307. The smallest absolute Gasteiger partial charge is 0.178 e. The Kier molecular flexibility index (Phi) is 4.09. The second kappa shape index (κ2) is 6.75. The molecule has 0 aromatic carbocycles. The molecular formula is C19H21N7O2. The molecule has 5 heterocycles. The summed E-state index contributed by atoms with van der Waals surface area (Å²) in [5.74, 6) is 1.49. The molecule has 1 aliphatic heterocycles. The third-order valence-corrected chi connectivity index (χ3v) is 5.05. The zero-order chi connectivity index (χ0) is 19.1. The van der Waals surface area contributed by atoms with Crippen LogP contribution < -0.4 is 9.64 Å². The maximum atomic E-state index is 9.91. The van der Waals surface area contributed by atoms with Gasteiger partial charge in [-0.1, -0.05) is 0 Å². The van der Waals surface area contributed by atoms with Crippen LogP contribution in [0.25, 0.3) is 27.8 Å². The van der Waals surface area contributed by atoms with Gasteiger partial charge in [0.2, 0.25) is 0 Å². The average molecular weight is 379 g/mol. The number of nitrogens with one attached hydrogen (secondary N) is 1. The van der Waals surface area contributed by atoms with Gasteiger partial charge in [0.25, 0.3) is 0 Å². The molecule has 0 saturated carbocycles. The number of H-pyrrole nitrogens is 1. The number of aromatic amines is 1. The first-order valence-electron chi connectivity index (χ1n) is 9.46. The van der Waals surface area contributed by atoms with Crippen LogP contribution in [-0.4, -0.2) is 60.7 Å². The highest BCUT2D eigenvalue weighted by atomic mass is 16.5. The van der Waals surface area contributed by atoms with Gasteiger partial charge in [-0.05, 0) is 25.8 Å². The van der Waals surface area contributed by atoms with Crippen molar-refractivity contribution in [2.24, 2.45) is 0 Å². The molecule has 9 heteroatoms. The quantitative estimate of drug-likeness (QED) is 0.559. The van der Waals surface area contributed by atoms with E-state index in [9.17, 15) is 5.11 Å². The summed E-state index contributed by atoms with van der Waals surface area (Å²) in [6.45, 7) is 3.99. The van der Waals surface area contributed by atoms with Crippen LogP contribution >= 0.6 is 0 Å². The number of aliphatic hydroxyl groups excluding tert-OH is 1. The van der Waals surface area contributed by atoms with Crippen LogP contribution in [-0.2, 0) is 0 Å². The molecule has 2 N–H and O–H groups in total. The van der Waals surface area contributed by atoms with E-state index < -0.39 is 0 Å². The van der Waals surface area contributed by atoms with Crippen molar-refractivity contribution in [3.8, 4) is 17.0 Å². The molecule has 5 rings (SSSR count). The van der Waals surface area contributed by atoms with Crippen LogP contribution in [0.4, 0.5) is 5.82 Å². The maximum absolute atomic E-state index is 9.91. The number of pyridine rings is 1. The molecule has 0 spiro atoms. The van der Waals surface area contributed by atoms with E-state index in [1.165, 1.54) is 0 Å². The molecule has 1 unspecified atom stereocenters. The van der Waals surface area contributed by atoms with Gasteiger partial charge < -0.3 is 14.7 Å². The van der Waals surface area contributed by atoms with Crippen molar-refractivity contribution in [2.75, 3.05) is 24.6 Å². The fourth-order valence-electron chi connectivity index (χ4n) is 3.77. The molecule has 4 aromatic rings. The van der Waals surface area contributed by atoms with E-state index in [0.29, 0.717) is 24.5 Å². The van der Waals surface area contributed by atoms with Crippen LogP contribution in [0.2, 0.25) is 0 Å². The van der Waals surface area contributed by atoms with Gasteiger partial charge in [0.05, 0.1) is 54.1 Å². The molecule has 1 fully saturated rings. The lowest BCUT2D eigenvalue weighted by molar-refractivity contribution is 0.154. The highest BCUT2D eigenvalue weighted by molar-refractivity contribution is 6.00. The number of piperidine rings is 1. The van der Waals surface area contributed by atoms with Crippen LogP contribution in [0.5, 0.6) is 5.75 Å². The molecule has 144 valence electrons. The van der Waals surface area contributed by atoms with Crippen molar-refractivity contribution < 1.29 is 9.84 Å². The number of aliphatic hydroxyl groups is 1. The summed E-state index contributed by atoms with van der Waals surface area (Å²) < 4.78 is 7.50. The average Bonchev–Trinajstić information content (AvgIpc) is 3.29. The summed E-state index contributed by atoms with van der Waals surface area (Å²) in [5, 5.41) is 22.4. The molecular weight excluding hydrogens is 358 g/mol. The van der Waals surface area contributed by atoms with Gasteiger partial charge >= 0.3 is 0 Å². The highest BCUT2D eigenvalue weighted by Crippen LogP contribution is 2.32. The minimum Gasteiger partial charge on any atom is -0.492 e. The lowest BCUT2D eigenvalue weighted by atomic mass is 10.1. The van der Waals surface area contributed by atoms with Crippen molar-refractivity contribution in [1.82, 2.24) is 29.8 Å². The van der Waals surface area contributed by atoms with E-state index in [-0.39, 0.29) is 6.10 Å². The number of fused-ring (bicyclic) bond motifs is 3. The Hall–Kier alpha value is -3.20. The predicted molar refractivity (Wildman–Crippen MR) is 104 cm³/mol. The van der Waals surface area contributed by atoms with E-state index >= 15 is 0 Å². The topological polar surface area (TPSA) is 104 Å². The Morgan fingerprint density at radius 3 is 3.00 bits per heavy atom. The molecule has 0 bridgehead atoms. The second-order valence-corrected chi connectivity index (χ2v) is 6.95. The summed E-state index contributed by atoms with van der Waals surface area (Å²) in [4.78, 5) is 11.3. The van der Waals surface area contributed by atoms with Crippen molar-refractivity contribution in [3.05, 3.63) is 30.9 Å². The third-order valence-electron chi connectivity index (χ3n) is 5.05. The van der Waals surface area contributed by atoms with E-state index in [2.05, 4.69) is 30.2 Å². The standard InChI is InChI=1S/C19H21N7O2/c1-2-28-13-6-14(18-15-7-22-23-19(15)24-26(18)11-13)16-8-21-17(9-20-16)25-5-3-4-12(27)10-25/h6-9,11-12,27H,2-5,10H2,1H3,(H,23,24). The molecule has 4 aromatic heterocycles. The first kappa shape index (κ1) is 16.9. The van der Waals surface area contributed by atoms with Gasteiger partial charge in [-0.25, -0.2) is 9.50 Å². The Labute approximate surface area is 161 Å². The first-order valence-corrected chi connectivity index (χ1v) is 9.46. The molecule has 1 saturated heterocycles. The Morgan fingerprint density at radius 2 is 2.21 bits per heavy atom. The number of ether oxygens (including phenoxy) is 1. The van der Waals surface area contributed by atoms with Crippen LogP contribution in [0, 0.1) is 0 Å². The monoisotopic (exact) mass is 379 g/mol. The van der Waals surface area contributed by atoms with Crippen molar-refractivity contribution >= 4 is 22.4 Å². The normalized spacial score (nSPS) is 17.5. The number of rotatable bonds is 4. The molecule has 0 aliphatic carbocycles. The molecule has 28 heavy (non-hydrogen) atoms. The van der Waals surface area contributed by atoms with Crippen LogP contribution in [0.3, 0.4) is 0 Å². The summed E-state index contributed by atoms with van der Waals surface area (Å²) in [6.07, 6.45) is 8.63. The van der Waals surface area contributed by atoms with Crippen LogP contribution in [0.1, 0.15) is 19.8 Å². The lowest BCUT2D eigenvalue weighted by Crippen LogP contribution is -2.38. The maximum Gasteiger partial charge on any atom is 0.178 e. The Bertz CT molecular complexity index is 1120. The molecule has 1 atom stereocenters. The van der Waals surface area contributed by atoms with Gasteiger partial charge in [0, 0.05) is 18.7 Å². The molecule has 9 nitrogen and oxygen atoms in total. The largest absolute Gasteiger partial charge is 0.492 e. The minimum atomic E-state index is -0.307. The zero-order valence-corrected chi connectivity index (χ0v) is 15.5. The van der Waals surface area contributed by atoms with Crippen molar-refractivity contribution in [3.63, 3.8) is 0 Å². The highest BCUT2D eigenvalue weighted by Gasteiger charge is 2.20. The van der Waals surface area contributed by atoms with E-state index in [1.54, 1.807) is 23.1 Å². The lowest BCUT2D eigenvalue weighted by Gasteiger charge is -2.30. The molecule has 0 radical (unpaired) electrons. The predicted octanol–water partition coefficient (Wildman–Crippen LogP) is 2.03. The first-order chi connectivity index (χ1) is 13.7. The summed E-state index contributed by atoms with van der Waals surface area (Å²) >= 11 is 0. The van der Waals surface area contributed by atoms with Gasteiger partial charge in [-0.3, -0.25) is 10.1 Å². The SMILES string of the molecule is CCOc1cc(-c2cnc(N3CCCC(O)C3)cn2)c2c3cn[nH]c3nn2c1. The Balaban J connectivity index is 1.59. The Morgan fingerprint density at radius 1 is 1.29 bits per heavy atom. The summed E-state index contributed by atoms with van der Waals surface area (Å²) in [7, 11) is 0. The van der Waals surface area contributed by atoms with E-state index in [0.717, 1.165) is 47.4 Å². The van der Waals surface area contributed by atoms with Gasteiger partial charge in [-0.15, -0.1) is 5.10 Å². The molecule has 0 amide bonds. The zero-order valence-electron chi connectivity index (χ0n) is 15.5. The molecule has 1 aliphatic rings. The summed E-state index contributed by atoms with van der Waals surface area (Å²) in [5.41, 5.74) is 3.23. The number of anilines is 1. The van der Waals surface area contributed by atoms with Crippen molar-refractivity contribution in [2.45, 2.75) is 25.9 Å². The fraction of sp³-hybridized carbons (Fsp3) is 0.368. The number of aromatic nitrogens is 6. The van der Waals surface area contributed by atoms with Crippen LogP contribution in [0.15, 0.2) is 30.9 Å². The van der Waals surface area contributed by atoms with E-state index in [4.69, 9.17) is 4.74 Å². The van der Waals surface area contributed by atoms with E-state index in [1.807, 2.05) is 19.2 Å². The number of β-amino-alcohol motifs (C(OH)–C–C–N with tert-alkyl or cyclic N) is 1. The fourth-order valence-corrected chi connectivity index (χ4v) is 3.77. The third kappa shape index (κ3) is 2.84. The van der Waals surface area contributed by atoms with Crippen molar-refractivity contribution in [1.29, 1.82) is 0 Å². The van der Waals surface area contributed by atoms with Gasteiger partial charge in [0.1, 0.15) is 11.6 Å².